The zero-order chi connectivity index (χ0) is 19.9. The Bertz CT molecular complexity index is 1380. The molecule has 5 aromatic rings. The molecule has 0 fully saturated rings. The summed E-state index contributed by atoms with van der Waals surface area (Å²) in [5.74, 6) is 2.10. The minimum absolute atomic E-state index is 0.647. The number of ether oxygens (including phenoxy) is 1. The van der Waals surface area contributed by atoms with Crippen LogP contribution in [0.3, 0.4) is 0 Å². The zero-order valence-corrected chi connectivity index (χ0v) is 17.2. The van der Waals surface area contributed by atoms with Crippen LogP contribution in [-0.2, 0) is 12.8 Å². The van der Waals surface area contributed by atoms with Crippen LogP contribution in [0, 0.1) is 0 Å². The van der Waals surface area contributed by atoms with Gasteiger partial charge in [0.25, 0.3) is 0 Å². The Labute approximate surface area is 178 Å². The molecule has 0 aliphatic heterocycles. The van der Waals surface area contributed by atoms with Crippen LogP contribution in [0.15, 0.2) is 67.0 Å². The van der Waals surface area contributed by atoms with Gasteiger partial charge in [0.05, 0.1) is 5.39 Å². The molecule has 0 N–H and O–H groups in total. The standard InChI is InChI=1S/C25H19N3OS/c1-2-7-17-14-19(12-11-16(17)6-1)29-24-22-20-9-3-4-10-21(20)30-25(22)28-23(27-24)18-8-5-13-26-15-18/h1-2,5-8,11-15H,3-4,9-10H2. The van der Waals surface area contributed by atoms with Crippen LogP contribution in [0.25, 0.3) is 32.4 Å². The van der Waals surface area contributed by atoms with Gasteiger partial charge in [-0.05, 0) is 66.3 Å². The van der Waals surface area contributed by atoms with Gasteiger partial charge in [-0.2, -0.15) is 4.98 Å². The largest absolute Gasteiger partial charge is 0.438 e. The van der Waals surface area contributed by atoms with Crippen LogP contribution in [-0.4, -0.2) is 15.0 Å². The average molecular weight is 410 g/mol. The molecule has 0 radical (unpaired) electrons. The summed E-state index contributed by atoms with van der Waals surface area (Å²) in [4.78, 5) is 16.4. The van der Waals surface area contributed by atoms with Crippen molar-refractivity contribution in [2.75, 3.05) is 0 Å². The molecule has 1 aliphatic rings. The third-order valence-corrected chi connectivity index (χ3v) is 6.82. The topological polar surface area (TPSA) is 47.9 Å². The Morgan fingerprint density at radius 1 is 0.867 bits per heavy atom. The monoisotopic (exact) mass is 409 g/mol. The maximum absolute atomic E-state index is 6.42. The third-order valence-electron chi connectivity index (χ3n) is 5.64. The quantitative estimate of drug-likeness (QED) is 0.338. The van der Waals surface area contributed by atoms with E-state index in [4.69, 9.17) is 14.7 Å². The molecular weight excluding hydrogens is 390 g/mol. The minimum atomic E-state index is 0.647. The van der Waals surface area contributed by atoms with Crippen molar-refractivity contribution in [2.45, 2.75) is 25.7 Å². The highest BCUT2D eigenvalue weighted by Crippen LogP contribution is 2.41. The van der Waals surface area contributed by atoms with Gasteiger partial charge in [0.2, 0.25) is 5.88 Å². The number of hydrogen-bond acceptors (Lipinski definition) is 5. The smallest absolute Gasteiger partial charge is 0.231 e. The summed E-state index contributed by atoms with van der Waals surface area (Å²) in [6.07, 6.45) is 8.20. The molecule has 30 heavy (non-hydrogen) atoms. The number of nitrogens with zero attached hydrogens (tertiary/aromatic N) is 3. The number of aromatic nitrogens is 3. The molecule has 0 atom stereocenters. The lowest BCUT2D eigenvalue weighted by molar-refractivity contribution is 0.469. The molecule has 0 spiro atoms. The molecular formula is C25H19N3OS. The van der Waals surface area contributed by atoms with Crippen molar-refractivity contribution in [1.82, 2.24) is 15.0 Å². The number of pyridine rings is 1. The number of fused-ring (bicyclic) bond motifs is 4. The molecule has 4 nitrogen and oxygen atoms in total. The van der Waals surface area contributed by atoms with Crippen LogP contribution in [0.4, 0.5) is 0 Å². The number of thiophene rings is 1. The molecule has 5 heteroatoms. The zero-order valence-electron chi connectivity index (χ0n) is 16.3. The molecule has 3 heterocycles. The summed E-state index contributed by atoms with van der Waals surface area (Å²) in [5, 5.41) is 3.43. The predicted octanol–water partition coefficient (Wildman–Crippen LogP) is 6.58. The van der Waals surface area contributed by atoms with Crippen LogP contribution in [0.1, 0.15) is 23.3 Å². The first-order valence-electron chi connectivity index (χ1n) is 10.2. The normalized spacial score (nSPS) is 13.5. The van der Waals surface area contributed by atoms with Crippen molar-refractivity contribution in [3.63, 3.8) is 0 Å². The van der Waals surface area contributed by atoms with E-state index >= 15 is 0 Å². The fourth-order valence-corrected chi connectivity index (χ4v) is 5.42. The molecule has 0 bridgehead atoms. The first kappa shape index (κ1) is 17.5. The number of rotatable bonds is 3. The second-order valence-corrected chi connectivity index (χ2v) is 8.68. The van der Waals surface area contributed by atoms with E-state index in [0.29, 0.717) is 11.7 Å². The first-order chi connectivity index (χ1) is 14.8. The Kier molecular flexibility index (Phi) is 4.20. The Morgan fingerprint density at radius 2 is 1.77 bits per heavy atom. The Hall–Kier alpha value is -3.31. The van der Waals surface area contributed by atoms with E-state index in [0.717, 1.165) is 39.8 Å². The van der Waals surface area contributed by atoms with Crippen molar-refractivity contribution in [3.05, 3.63) is 77.4 Å². The lowest BCUT2D eigenvalue weighted by atomic mass is 9.97. The average Bonchev–Trinajstić information content (AvgIpc) is 3.18. The van der Waals surface area contributed by atoms with Gasteiger partial charge in [-0.3, -0.25) is 4.98 Å². The minimum Gasteiger partial charge on any atom is -0.438 e. The van der Waals surface area contributed by atoms with E-state index in [9.17, 15) is 0 Å². The molecule has 1 aliphatic carbocycles. The number of benzene rings is 2. The van der Waals surface area contributed by atoms with E-state index in [-0.39, 0.29) is 0 Å². The molecule has 0 unspecified atom stereocenters. The van der Waals surface area contributed by atoms with E-state index < -0.39 is 0 Å². The molecule has 2 aromatic carbocycles. The third kappa shape index (κ3) is 3.02. The van der Waals surface area contributed by atoms with Gasteiger partial charge in [-0.15, -0.1) is 11.3 Å². The first-order valence-corrected chi connectivity index (χ1v) is 11.1. The van der Waals surface area contributed by atoms with Gasteiger partial charge < -0.3 is 4.74 Å². The fourth-order valence-electron chi connectivity index (χ4n) is 4.16. The van der Waals surface area contributed by atoms with Gasteiger partial charge in [-0.1, -0.05) is 30.3 Å². The van der Waals surface area contributed by atoms with Gasteiger partial charge in [0.15, 0.2) is 5.82 Å². The van der Waals surface area contributed by atoms with Crippen molar-refractivity contribution in [2.24, 2.45) is 0 Å². The van der Waals surface area contributed by atoms with Crippen LogP contribution < -0.4 is 4.74 Å². The van der Waals surface area contributed by atoms with E-state index in [1.165, 1.54) is 28.7 Å². The van der Waals surface area contributed by atoms with Gasteiger partial charge >= 0.3 is 0 Å². The summed E-state index contributed by atoms with van der Waals surface area (Å²) in [6, 6.07) is 18.4. The van der Waals surface area contributed by atoms with Crippen molar-refractivity contribution >= 4 is 32.3 Å². The molecule has 0 amide bonds. The van der Waals surface area contributed by atoms with Gasteiger partial charge in [0, 0.05) is 22.8 Å². The molecule has 0 saturated heterocycles. The van der Waals surface area contributed by atoms with Crippen molar-refractivity contribution < 1.29 is 4.74 Å². The van der Waals surface area contributed by atoms with Crippen molar-refractivity contribution in [3.8, 4) is 23.0 Å². The highest BCUT2D eigenvalue weighted by Gasteiger charge is 2.23. The van der Waals surface area contributed by atoms with E-state index in [1.807, 2.05) is 24.3 Å². The summed E-state index contributed by atoms with van der Waals surface area (Å²) < 4.78 is 6.42. The summed E-state index contributed by atoms with van der Waals surface area (Å²) in [5.41, 5.74) is 2.27. The number of hydrogen-bond donors (Lipinski definition) is 0. The maximum Gasteiger partial charge on any atom is 0.231 e. The predicted molar refractivity (Wildman–Crippen MR) is 121 cm³/mol. The Morgan fingerprint density at radius 3 is 2.67 bits per heavy atom. The highest BCUT2D eigenvalue weighted by atomic mass is 32.1. The highest BCUT2D eigenvalue weighted by molar-refractivity contribution is 7.18. The van der Waals surface area contributed by atoms with E-state index in [1.54, 1.807) is 23.7 Å². The summed E-state index contributed by atoms with van der Waals surface area (Å²) in [7, 11) is 0. The van der Waals surface area contributed by atoms with Crippen molar-refractivity contribution in [1.29, 1.82) is 0 Å². The fraction of sp³-hybridized carbons (Fsp3) is 0.160. The van der Waals surface area contributed by atoms with Gasteiger partial charge in [-0.25, -0.2) is 4.98 Å². The second-order valence-electron chi connectivity index (χ2n) is 7.60. The van der Waals surface area contributed by atoms with E-state index in [2.05, 4.69) is 35.3 Å². The van der Waals surface area contributed by atoms with Crippen LogP contribution in [0.5, 0.6) is 11.6 Å². The lowest BCUT2D eigenvalue weighted by Gasteiger charge is -2.13. The van der Waals surface area contributed by atoms with Gasteiger partial charge in [0.1, 0.15) is 10.6 Å². The maximum atomic E-state index is 6.42. The second kappa shape index (κ2) is 7.18. The molecule has 6 rings (SSSR count). The summed E-state index contributed by atoms with van der Waals surface area (Å²) in [6.45, 7) is 0. The lowest BCUT2D eigenvalue weighted by Crippen LogP contribution is -2.00. The number of aryl methyl sites for hydroxylation is 2. The Balaban J connectivity index is 1.53. The van der Waals surface area contributed by atoms with Crippen LogP contribution in [0.2, 0.25) is 0 Å². The summed E-state index contributed by atoms with van der Waals surface area (Å²) >= 11 is 1.78. The molecule has 146 valence electrons. The van der Waals surface area contributed by atoms with Crippen LogP contribution >= 0.6 is 11.3 Å². The molecule has 3 aromatic heterocycles. The molecule has 0 saturated carbocycles. The SMILES string of the molecule is c1cncc(-c2nc(Oc3ccc4ccccc4c3)c3c4c(sc3n2)CCCC4)c1.